The molecule has 0 bridgehead atoms. The van der Waals surface area contributed by atoms with Crippen molar-refractivity contribution >= 4 is 5.91 Å². The first kappa shape index (κ1) is 18.7. The van der Waals surface area contributed by atoms with E-state index in [-0.39, 0.29) is 11.9 Å². The number of nitrogens with one attached hydrogen (secondary N) is 1. The van der Waals surface area contributed by atoms with Crippen LogP contribution in [-0.2, 0) is 9.53 Å². The number of hydrogen-bond donors (Lipinski definition) is 1. The van der Waals surface area contributed by atoms with Crippen LogP contribution in [0.25, 0.3) is 0 Å². The topological polar surface area (TPSA) is 44.8 Å². The van der Waals surface area contributed by atoms with Gasteiger partial charge in [-0.1, -0.05) is 19.3 Å². The number of amides is 1. The molecule has 134 valence electrons. The Hall–Kier alpha value is -0.650. The largest absolute Gasteiger partial charge is 0.379 e. The molecule has 0 unspecified atom stereocenters. The summed E-state index contributed by atoms with van der Waals surface area (Å²) in [4.78, 5) is 17.0. The first-order chi connectivity index (χ1) is 11.2. The number of ether oxygens (including phenoxy) is 1. The lowest BCUT2D eigenvalue weighted by atomic mass is 10.1. The predicted octanol–water partition coefficient (Wildman–Crippen LogP) is 1.87. The fraction of sp³-hybridized carbons (Fsp3) is 0.944. The second kappa shape index (κ2) is 11.0. The summed E-state index contributed by atoms with van der Waals surface area (Å²) < 4.78 is 5.36. The Kier molecular flexibility index (Phi) is 8.94. The van der Waals surface area contributed by atoms with Crippen molar-refractivity contribution in [2.24, 2.45) is 0 Å². The van der Waals surface area contributed by atoms with Gasteiger partial charge in [0.15, 0.2) is 0 Å². The van der Waals surface area contributed by atoms with Gasteiger partial charge in [-0.25, -0.2) is 0 Å². The van der Waals surface area contributed by atoms with Crippen LogP contribution in [0.5, 0.6) is 0 Å². The van der Waals surface area contributed by atoms with Crippen molar-refractivity contribution in [3.8, 4) is 0 Å². The summed E-state index contributed by atoms with van der Waals surface area (Å²) in [7, 11) is 0. The molecule has 5 nitrogen and oxygen atoms in total. The fourth-order valence-electron chi connectivity index (χ4n) is 3.42. The summed E-state index contributed by atoms with van der Waals surface area (Å²) in [6.07, 6.45) is 8.32. The van der Waals surface area contributed by atoms with Crippen molar-refractivity contribution < 1.29 is 9.53 Å². The Bertz CT molecular complexity index is 324. The zero-order chi connectivity index (χ0) is 16.3. The molecule has 1 amide bonds. The monoisotopic (exact) mass is 325 g/mol. The van der Waals surface area contributed by atoms with Crippen LogP contribution in [0.2, 0.25) is 0 Å². The van der Waals surface area contributed by atoms with Crippen molar-refractivity contribution in [3.63, 3.8) is 0 Å². The van der Waals surface area contributed by atoms with Gasteiger partial charge < -0.3 is 15.0 Å². The third-order valence-electron chi connectivity index (χ3n) is 4.99. The minimum absolute atomic E-state index is 0.210. The fourth-order valence-corrected chi connectivity index (χ4v) is 3.42. The molecule has 2 aliphatic heterocycles. The predicted molar refractivity (Wildman–Crippen MR) is 93.6 cm³/mol. The van der Waals surface area contributed by atoms with Gasteiger partial charge in [-0.05, 0) is 39.3 Å². The van der Waals surface area contributed by atoms with E-state index >= 15 is 0 Å². The maximum Gasteiger partial charge on any atom is 0.221 e. The van der Waals surface area contributed by atoms with E-state index in [0.717, 1.165) is 45.8 Å². The minimum atomic E-state index is 0.210. The molecule has 2 rings (SSSR count). The van der Waals surface area contributed by atoms with E-state index in [2.05, 4.69) is 22.0 Å². The summed E-state index contributed by atoms with van der Waals surface area (Å²) in [5, 5.41) is 3.16. The molecule has 0 aromatic carbocycles. The molecule has 0 saturated carbocycles. The lowest BCUT2D eigenvalue weighted by molar-refractivity contribution is -0.122. The highest BCUT2D eigenvalue weighted by atomic mass is 16.5. The van der Waals surface area contributed by atoms with Gasteiger partial charge in [-0.3, -0.25) is 9.69 Å². The second-order valence-electron chi connectivity index (χ2n) is 7.07. The van der Waals surface area contributed by atoms with E-state index in [0.29, 0.717) is 6.42 Å². The quantitative estimate of drug-likeness (QED) is 0.776. The van der Waals surface area contributed by atoms with Crippen LogP contribution in [-0.4, -0.2) is 74.2 Å². The van der Waals surface area contributed by atoms with Crippen LogP contribution in [0.4, 0.5) is 0 Å². The smallest absolute Gasteiger partial charge is 0.221 e. The molecule has 0 spiro atoms. The van der Waals surface area contributed by atoms with Crippen molar-refractivity contribution in [2.45, 2.75) is 57.9 Å². The minimum Gasteiger partial charge on any atom is -0.379 e. The molecule has 2 saturated heterocycles. The standard InChI is InChI=1S/C18H35N3O2/c1-17(7-11-21-13-15-23-16-14-21)19-18(22)8-12-20-9-5-3-2-4-6-10-20/h17H,2-16H2,1H3,(H,19,22)/t17-/m1/s1. The highest BCUT2D eigenvalue weighted by molar-refractivity contribution is 5.76. The van der Waals surface area contributed by atoms with Crippen molar-refractivity contribution in [3.05, 3.63) is 0 Å². The normalized spacial score (nSPS) is 23.0. The molecule has 2 fully saturated rings. The van der Waals surface area contributed by atoms with Gasteiger partial charge in [-0.15, -0.1) is 0 Å². The van der Waals surface area contributed by atoms with E-state index in [4.69, 9.17) is 4.74 Å². The van der Waals surface area contributed by atoms with Gasteiger partial charge >= 0.3 is 0 Å². The summed E-state index contributed by atoms with van der Waals surface area (Å²) in [5.41, 5.74) is 0. The number of carbonyl (C=O) groups excluding carboxylic acids is 1. The Labute approximate surface area is 141 Å². The molecule has 5 heteroatoms. The molecular weight excluding hydrogens is 290 g/mol. The van der Waals surface area contributed by atoms with Gasteiger partial charge in [0, 0.05) is 38.6 Å². The van der Waals surface area contributed by atoms with Gasteiger partial charge in [0.25, 0.3) is 0 Å². The van der Waals surface area contributed by atoms with E-state index in [1.165, 1.54) is 45.2 Å². The molecule has 0 radical (unpaired) electrons. The SMILES string of the molecule is C[C@H](CCN1CCOCC1)NC(=O)CCN1CCCCCCC1. The molecule has 1 atom stereocenters. The van der Waals surface area contributed by atoms with E-state index in [1.807, 2.05) is 0 Å². The zero-order valence-electron chi connectivity index (χ0n) is 14.9. The number of hydrogen-bond acceptors (Lipinski definition) is 4. The van der Waals surface area contributed by atoms with Gasteiger partial charge in [0.1, 0.15) is 0 Å². The summed E-state index contributed by atoms with van der Waals surface area (Å²) >= 11 is 0. The van der Waals surface area contributed by atoms with E-state index < -0.39 is 0 Å². The first-order valence-electron chi connectivity index (χ1n) is 9.56. The highest BCUT2D eigenvalue weighted by Gasteiger charge is 2.14. The Morgan fingerprint density at radius 2 is 1.57 bits per heavy atom. The molecule has 1 N–H and O–H groups in total. The molecule has 0 aromatic heterocycles. The molecule has 2 heterocycles. The van der Waals surface area contributed by atoms with Gasteiger partial charge in [0.2, 0.25) is 5.91 Å². The van der Waals surface area contributed by atoms with E-state index in [9.17, 15) is 4.79 Å². The summed E-state index contributed by atoms with van der Waals surface area (Å²) in [5.74, 6) is 0.210. The maximum absolute atomic E-state index is 12.1. The van der Waals surface area contributed by atoms with Crippen LogP contribution in [0.1, 0.15) is 51.9 Å². The Morgan fingerprint density at radius 1 is 0.957 bits per heavy atom. The third kappa shape index (κ3) is 8.13. The number of likely N-dealkylation sites (tertiary alicyclic amines) is 1. The molecular formula is C18H35N3O2. The summed E-state index contributed by atoms with van der Waals surface area (Å²) in [6.45, 7) is 10.2. The van der Waals surface area contributed by atoms with Crippen LogP contribution in [0.3, 0.4) is 0 Å². The van der Waals surface area contributed by atoms with Crippen LogP contribution in [0, 0.1) is 0 Å². The van der Waals surface area contributed by atoms with Crippen LogP contribution < -0.4 is 5.32 Å². The molecule has 23 heavy (non-hydrogen) atoms. The maximum atomic E-state index is 12.1. The van der Waals surface area contributed by atoms with Crippen LogP contribution in [0.15, 0.2) is 0 Å². The Balaban J connectivity index is 1.55. The first-order valence-corrected chi connectivity index (χ1v) is 9.56. The van der Waals surface area contributed by atoms with Crippen molar-refractivity contribution in [1.29, 1.82) is 0 Å². The number of carbonyl (C=O) groups is 1. The van der Waals surface area contributed by atoms with Crippen molar-refractivity contribution in [2.75, 3.05) is 52.5 Å². The number of rotatable bonds is 7. The summed E-state index contributed by atoms with van der Waals surface area (Å²) in [6, 6.07) is 0.262. The van der Waals surface area contributed by atoms with Gasteiger partial charge in [0.05, 0.1) is 13.2 Å². The van der Waals surface area contributed by atoms with Crippen molar-refractivity contribution in [1.82, 2.24) is 15.1 Å². The lowest BCUT2D eigenvalue weighted by Crippen LogP contribution is -2.41. The van der Waals surface area contributed by atoms with Gasteiger partial charge in [-0.2, -0.15) is 0 Å². The Morgan fingerprint density at radius 3 is 2.26 bits per heavy atom. The van der Waals surface area contributed by atoms with Crippen LogP contribution >= 0.6 is 0 Å². The highest BCUT2D eigenvalue weighted by Crippen LogP contribution is 2.10. The third-order valence-corrected chi connectivity index (χ3v) is 4.99. The number of nitrogens with zero attached hydrogens (tertiary/aromatic N) is 2. The molecule has 2 aliphatic rings. The average molecular weight is 325 g/mol. The zero-order valence-corrected chi connectivity index (χ0v) is 14.9. The van der Waals surface area contributed by atoms with E-state index in [1.54, 1.807) is 0 Å². The second-order valence-corrected chi connectivity index (χ2v) is 7.07. The number of morpholine rings is 1. The lowest BCUT2D eigenvalue weighted by Gasteiger charge is -2.28. The average Bonchev–Trinajstić information content (AvgIpc) is 2.53. The molecule has 0 aromatic rings. The molecule has 0 aliphatic carbocycles.